The highest BCUT2D eigenvalue weighted by atomic mass is 35.5. The lowest BCUT2D eigenvalue weighted by Gasteiger charge is -2.05. The molecule has 0 saturated carbocycles. The molecule has 7 heteroatoms. The minimum absolute atomic E-state index is 0.162. The number of carbonyl (C=O) groups is 2. The third-order valence-corrected chi connectivity index (χ3v) is 4.73. The number of ketones is 1. The molecule has 3 rings (SSSR count). The van der Waals surface area contributed by atoms with E-state index in [1.54, 1.807) is 41.8 Å². The van der Waals surface area contributed by atoms with Crippen LogP contribution in [0.15, 0.2) is 53.9 Å². The van der Waals surface area contributed by atoms with E-state index < -0.39 is 5.97 Å². The average Bonchev–Trinajstić information content (AvgIpc) is 3.17. The first-order valence-corrected chi connectivity index (χ1v) is 9.47. The van der Waals surface area contributed by atoms with Crippen molar-refractivity contribution in [2.45, 2.75) is 6.92 Å². The van der Waals surface area contributed by atoms with Crippen molar-refractivity contribution in [1.82, 2.24) is 4.98 Å². The molecule has 0 radical (unpaired) electrons. The van der Waals surface area contributed by atoms with Gasteiger partial charge in [0.05, 0.1) is 6.61 Å². The molecule has 5 nitrogen and oxygen atoms in total. The molecule has 0 unspecified atom stereocenters. The molecular formula is C20H16ClNO4S. The number of nitrogens with zero attached hydrogens (tertiary/aromatic N) is 1. The minimum Gasteiger partial charge on any atom is -0.494 e. The van der Waals surface area contributed by atoms with Crippen molar-refractivity contribution in [2.24, 2.45) is 0 Å². The second-order valence-electron chi connectivity index (χ2n) is 5.50. The summed E-state index contributed by atoms with van der Waals surface area (Å²) in [4.78, 5) is 28.6. The van der Waals surface area contributed by atoms with E-state index in [1.165, 1.54) is 11.3 Å². The maximum absolute atomic E-state index is 12.2. The van der Waals surface area contributed by atoms with Gasteiger partial charge in [0, 0.05) is 21.5 Å². The molecule has 0 aliphatic rings. The molecule has 0 aliphatic carbocycles. The largest absolute Gasteiger partial charge is 0.494 e. The van der Waals surface area contributed by atoms with Gasteiger partial charge in [0.25, 0.3) is 0 Å². The average molecular weight is 402 g/mol. The molecule has 0 saturated heterocycles. The second kappa shape index (κ2) is 8.79. The lowest BCUT2D eigenvalue weighted by atomic mass is 10.1. The molecule has 0 fully saturated rings. The first-order valence-electron chi connectivity index (χ1n) is 8.21. The number of hydrogen-bond donors (Lipinski definition) is 0. The maximum Gasteiger partial charge on any atom is 0.358 e. The molecule has 0 spiro atoms. The first kappa shape index (κ1) is 19.1. The van der Waals surface area contributed by atoms with Crippen molar-refractivity contribution in [1.29, 1.82) is 0 Å². The van der Waals surface area contributed by atoms with Gasteiger partial charge >= 0.3 is 5.97 Å². The number of esters is 1. The first-order chi connectivity index (χ1) is 13.1. The summed E-state index contributed by atoms with van der Waals surface area (Å²) in [5.74, 6) is -0.252. The summed E-state index contributed by atoms with van der Waals surface area (Å²) >= 11 is 7.28. The predicted molar refractivity (Wildman–Crippen MR) is 105 cm³/mol. The van der Waals surface area contributed by atoms with Gasteiger partial charge in [-0.1, -0.05) is 23.7 Å². The Morgan fingerprint density at radius 1 is 1.15 bits per heavy atom. The Labute approximate surface area is 165 Å². The summed E-state index contributed by atoms with van der Waals surface area (Å²) in [7, 11) is 0. The summed E-state index contributed by atoms with van der Waals surface area (Å²) in [6, 6.07) is 13.9. The van der Waals surface area contributed by atoms with E-state index in [4.69, 9.17) is 21.1 Å². The smallest absolute Gasteiger partial charge is 0.358 e. The van der Waals surface area contributed by atoms with Crippen molar-refractivity contribution >= 4 is 34.7 Å². The fourth-order valence-electron chi connectivity index (χ4n) is 2.31. The standard InChI is InChI=1S/C20H16ClNO4S/c1-2-25-16-8-6-13(7-9-16)18(23)11-26-20(24)17-12-27-19(22-17)14-4-3-5-15(21)10-14/h3-10,12H,2,11H2,1H3. The van der Waals surface area contributed by atoms with Crippen molar-refractivity contribution < 1.29 is 19.1 Å². The van der Waals surface area contributed by atoms with Crippen LogP contribution in [0.1, 0.15) is 27.8 Å². The normalized spacial score (nSPS) is 10.4. The van der Waals surface area contributed by atoms with Gasteiger partial charge in [-0.3, -0.25) is 4.79 Å². The van der Waals surface area contributed by atoms with Gasteiger partial charge in [0.1, 0.15) is 10.8 Å². The highest BCUT2D eigenvalue weighted by Gasteiger charge is 2.16. The highest BCUT2D eigenvalue weighted by Crippen LogP contribution is 2.26. The zero-order valence-corrected chi connectivity index (χ0v) is 16.0. The number of aromatic nitrogens is 1. The predicted octanol–water partition coefficient (Wildman–Crippen LogP) is 4.90. The van der Waals surface area contributed by atoms with Crippen LogP contribution in [0.5, 0.6) is 5.75 Å². The van der Waals surface area contributed by atoms with Crippen molar-refractivity contribution in [3.8, 4) is 16.3 Å². The van der Waals surface area contributed by atoms with Crippen LogP contribution >= 0.6 is 22.9 Å². The Kier molecular flexibility index (Phi) is 6.21. The summed E-state index contributed by atoms with van der Waals surface area (Å²) in [6.45, 7) is 2.08. The molecule has 0 N–H and O–H groups in total. The molecular weight excluding hydrogens is 386 g/mol. The van der Waals surface area contributed by atoms with Gasteiger partial charge in [0.2, 0.25) is 0 Å². The molecule has 0 amide bonds. The molecule has 27 heavy (non-hydrogen) atoms. The molecule has 0 aliphatic heterocycles. The van der Waals surface area contributed by atoms with Crippen LogP contribution in [0.25, 0.3) is 10.6 Å². The van der Waals surface area contributed by atoms with Gasteiger partial charge in [0.15, 0.2) is 18.1 Å². The van der Waals surface area contributed by atoms with Crippen molar-refractivity contribution in [3.05, 3.63) is 70.2 Å². The van der Waals surface area contributed by atoms with E-state index >= 15 is 0 Å². The Morgan fingerprint density at radius 2 is 1.93 bits per heavy atom. The monoisotopic (exact) mass is 401 g/mol. The SMILES string of the molecule is CCOc1ccc(C(=O)COC(=O)c2csc(-c3cccc(Cl)c3)n2)cc1. The Bertz CT molecular complexity index is 953. The van der Waals surface area contributed by atoms with Crippen LogP contribution in [0.2, 0.25) is 5.02 Å². The molecule has 3 aromatic rings. The van der Waals surface area contributed by atoms with Crippen LogP contribution in [-0.4, -0.2) is 30.0 Å². The summed E-state index contributed by atoms with van der Waals surface area (Å²) in [5.41, 5.74) is 1.43. The maximum atomic E-state index is 12.2. The van der Waals surface area contributed by atoms with Gasteiger partial charge in [-0.2, -0.15) is 0 Å². The fourth-order valence-corrected chi connectivity index (χ4v) is 3.29. The topological polar surface area (TPSA) is 65.5 Å². The molecule has 2 aromatic carbocycles. The van der Waals surface area contributed by atoms with E-state index in [0.717, 1.165) is 5.56 Å². The summed E-state index contributed by atoms with van der Waals surface area (Å²) < 4.78 is 10.4. The van der Waals surface area contributed by atoms with Gasteiger partial charge < -0.3 is 9.47 Å². The Morgan fingerprint density at radius 3 is 2.63 bits per heavy atom. The fraction of sp³-hybridized carbons (Fsp3) is 0.150. The molecule has 0 bridgehead atoms. The molecule has 1 aromatic heterocycles. The van der Waals surface area contributed by atoms with E-state index in [9.17, 15) is 9.59 Å². The Balaban J connectivity index is 1.60. The zero-order valence-electron chi connectivity index (χ0n) is 14.5. The van der Waals surface area contributed by atoms with E-state index in [-0.39, 0.29) is 18.1 Å². The van der Waals surface area contributed by atoms with Crippen LogP contribution in [0.3, 0.4) is 0 Å². The lowest BCUT2D eigenvalue weighted by molar-refractivity contribution is 0.0470. The molecule has 138 valence electrons. The van der Waals surface area contributed by atoms with Crippen LogP contribution in [0, 0.1) is 0 Å². The number of carbonyl (C=O) groups excluding carboxylic acids is 2. The van der Waals surface area contributed by atoms with Crippen LogP contribution < -0.4 is 4.74 Å². The highest BCUT2D eigenvalue weighted by molar-refractivity contribution is 7.13. The molecule has 0 atom stereocenters. The van der Waals surface area contributed by atoms with Gasteiger partial charge in [-0.25, -0.2) is 9.78 Å². The van der Waals surface area contributed by atoms with E-state index in [0.29, 0.717) is 28.0 Å². The summed E-state index contributed by atoms with van der Waals surface area (Å²) in [5, 5.41) is 2.84. The number of ether oxygens (including phenoxy) is 2. The minimum atomic E-state index is -0.640. The van der Waals surface area contributed by atoms with E-state index in [2.05, 4.69) is 4.98 Å². The van der Waals surface area contributed by atoms with Crippen LogP contribution in [-0.2, 0) is 4.74 Å². The summed E-state index contributed by atoms with van der Waals surface area (Å²) in [6.07, 6.45) is 0. The number of Topliss-reactive ketones (excluding diaryl/α,β-unsaturated/α-hetero) is 1. The second-order valence-corrected chi connectivity index (χ2v) is 6.80. The van der Waals surface area contributed by atoms with Gasteiger partial charge in [-0.15, -0.1) is 11.3 Å². The quantitative estimate of drug-likeness (QED) is 0.416. The van der Waals surface area contributed by atoms with Crippen molar-refractivity contribution in [2.75, 3.05) is 13.2 Å². The van der Waals surface area contributed by atoms with Gasteiger partial charge in [-0.05, 0) is 43.3 Å². The number of hydrogen-bond acceptors (Lipinski definition) is 6. The van der Waals surface area contributed by atoms with E-state index in [1.807, 2.05) is 19.1 Å². The number of halogens is 1. The zero-order chi connectivity index (χ0) is 19.2. The third-order valence-electron chi connectivity index (χ3n) is 3.61. The molecule has 1 heterocycles. The lowest BCUT2D eigenvalue weighted by Crippen LogP contribution is -2.14. The van der Waals surface area contributed by atoms with Crippen molar-refractivity contribution in [3.63, 3.8) is 0 Å². The third kappa shape index (κ3) is 4.93. The van der Waals surface area contributed by atoms with Crippen LogP contribution in [0.4, 0.5) is 0 Å². The number of thiazole rings is 1. The Hall–Kier alpha value is -2.70. The number of benzene rings is 2. The number of rotatable bonds is 7.